The van der Waals surface area contributed by atoms with Crippen LogP contribution in [0.2, 0.25) is 0 Å². The second-order valence-electron chi connectivity index (χ2n) is 7.32. The molecule has 2 aliphatic rings. The molecular weight excluding hydrogens is 352 g/mol. The summed E-state index contributed by atoms with van der Waals surface area (Å²) in [5.41, 5.74) is 4.09. The van der Waals surface area contributed by atoms with Gasteiger partial charge < -0.3 is 4.74 Å². The van der Waals surface area contributed by atoms with Crippen molar-refractivity contribution in [1.29, 1.82) is 0 Å². The van der Waals surface area contributed by atoms with Gasteiger partial charge >= 0.3 is 5.97 Å². The number of nitrogens with zero attached hydrogens (tertiary/aromatic N) is 2. The lowest BCUT2D eigenvalue weighted by atomic mass is 9.69. The number of hydrogen-bond donors (Lipinski definition) is 0. The first-order valence-electron chi connectivity index (χ1n) is 9.44. The Balaban J connectivity index is 1.81. The number of allylic oxidation sites excluding steroid dienone is 2. The minimum atomic E-state index is -0.606. The third-order valence-corrected chi connectivity index (χ3v) is 5.66. The molecule has 0 radical (unpaired) electrons. The van der Waals surface area contributed by atoms with E-state index in [2.05, 4.69) is 17.1 Å². The lowest BCUT2D eigenvalue weighted by molar-refractivity contribution is -0.143. The number of pyridine rings is 1. The lowest BCUT2D eigenvalue weighted by Crippen LogP contribution is -2.37. The first-order valence-corrected chi connectivity index (χ1v) is 9.44. The molecule has 0 saturated carbocycles. The first-order chi connectivity index (χ1) is 13.6. The molecule has 1 aromatic carbocycles. The number of aromatic nitrogens is 1. The molecule has 0 amide bonds. The molecule has 3 atom stereocenters. The second kappa shape index (κ2) is 7.50. The van der Waals surface area contributed by atoms with Gasteiger partial charge in [0.15, 0.2) is 5.78 Å². The average molecular weight is 374 g/mol. The van der Waals surface area contributed by atoms with E-state index in [0.29, 0.717) is 24.1 Å². The van der Waals surface area contributed by atoms with Crippen molar-refractivity contribution in [2.75, 3.05) is 7.11 Å². The van der Waals surface area contributed by atoms with Gasteiger partial charge in [-0.2, -0.15) is 0 Å². The van der Waals surface area contributed by atoms with E-state index in [9.17, 15) is 9.59 Å². The number of carbonyl (C=O) groups is 2. The van der Waals surface area contributed by atoms with Crippen molar-refractivity contribution in [3.63, 3.8) is 0 Å². The fourth-order valence-corrected chi connectivity index (χ4v) is 4.37. The normalized spacial score (nSPS) is 24.4. The van der Waals surface area contributed by atoms with Crippen LogP contribution in [0.4, 0.5) is 0 Å². The van der Waals surface area contributed by atoms with Gasteiger partial charge in [0.1, 0.15) is 5.92 Å². The highest BCUT2D eigenvalue weighted by Gasteiger charge is 2.44. The summed E-state index contributed by atoms with van der Waals surface area (Å²) in [5, 5.41) is 0. The fourth-order valence-electron chi connectivity index (χ4n) is 4.37. The van der Waals surface area contributed by atoms with E-state index in [1.807, 2.05) is 37.3 Å². The minimum absolute atomic E-state index is 0.0501. The molecule has 1 aliphatic heterocycles. The van der Waals surface area contributed by atoms with Gasteiger partial charge in [0.2, 0.25) is 0 Å². The Morgan fingerprint density at radius 3 is 2.50 bits per heavy atom. The molecule has 0 spiro atoms. The summed E-state index contributed by atoms with van der Waals surface area (Å²) < 4.78 is 5.04. The molecule has 2 aromatic rings. The molecule has 0 fully saturated rings. The van der Waals surface area contributed by atoms with Gasteiger partial charge in [-0.3, -0.25) is 19.6 Å². The van der Waals surface area contributed by atoms with Gasteiger partial charge in [0.25, 0.3) is 0 Å². The van der Waals surface area contributed by atoms with Crippen molar-refractivity contribution in [2.45, 2.75) is 31.6 Å². The summed E-state index contributed by atoms with van der Waals surface area (Å²) in [6.45, 7) is 1.84. The maximum atomic E-state index is 13.3. The largest absolute Gasteiger partial charge is 0.468 e. The Hall–Kier alpha value is -3.08. The summed E-state index contributed by atoms with van der Waals surface area (Å²) in [5.74, 6) is -1.23. The summed E-state index contributed by atoms with van der Waals surface area (Å²) >= 11 is 0. The smallest absolute Gasteiger partial charge is 0.315 e. The molecule has 1 unspecified atom stereocenters. The summed E-state index contributed by atoms with van der Waals surface area (Å²) in [4.78, 5) is 34.7. The molecule has 1 aromatic heterocycles. The van der Waals surface area contributed by atoms with Crippen molar-refractivity contribution in [1.82, 2.24) is 4.98 Å². The maximum absolute atomic E-state index is 13.3. The number of aliphatic imine (C=N–C) groups is 1. The van der Waals surface area contributed by atoms with E-state index in [0.717, 1.165) is 16.8 Å². The van der Waals surface area contributed by atoms with E-state index >= 15 is 0 Å². The van der Waals surface area contributed by atoms with Crippen LogP contribution in [-0.4, -0.2) is 29.6 Å². The van der Waals surface area contributed by atoms with Gasteiger partial charge in [-0.1, -0.05) is 36.4 Å². The van der Waals surface area contributed by atoms with Crippen molar-refractivity contribution >= 4 is 17.5 Å². The minimum Gasteiger partial charge on any atom is -0.468 e. The van der Waals surface area contributed by atoms with E-state index in [1.54, 1.807) is 12.4 Å². The number of ether oxygens (including phenoxy) is 1. The van der Waals surface area contributed by atoms with Gasteiger partial charge in [0.05, 0.1) is 7.11 Å². The predicted molar refractivity (Wildman–Crippen MR) is 106 cm³/mol. The topological polar surface area (TPSA) is 68.6 Å². The highest BCUT2D eigenvalue weighted by Crippen LogP contribution is 2.46. The molecule has 4 rings (SSSR count). The van der Waals surface area contributed by atoms with Gasteiger partial charge in [-0.15, -0.1) is 0 Å². The molecule has 1 aliphatic carbocycles. The van der Waals surface area contributed by atoms with E-state index in [4.69, 9.17) is 9.73 Å². The van der Waals surface area contributed by atoms with Crippen LogP contribution in [0.3, 0.4) is 0 Å². The maximum Gasteiger partial charge on any atom is 0.315 e. The van der Waals surface area contributed by atoms with Gasteiger partial charge in [0, 0.05) is 41.7 Å². The van der Waals surface area contributed by atoms with Crippen molar-refractivity contribution in [2.24, 2.45) is 10.9 Å². The zero-order chi connectivity index (χ0) is 19.7. The van der Waals surface area contributed by atoms with Crippen LogP contribution < -0.4 is 0 Å². The molecule has 2 heterocycles. The average Bonchev–Trinajstić information content (AvgIpc) is 2.73. The number of esters is 1. The monoisotopic (exact) mass is 374 g/mol. The van der Waals surface area contributed by atoms with E-state index < -0.39 is 11.8 Å². The van der Waals surface area contributed by atoms with Crippen molar-refractivity contribution < 1.29 is 14.3 Å². The molecule has 142 valence electrons. The Morgan fingerprint density at radius 2 is 1.82 bits per heavy atom. The van der Waals surface area contributed by atoms with Crippen LogP contribution in [0.25, 0.3) is 0 Å². The second-order valence-corrected chi connectivity index (χ2v) is 7.32. The highest BCUT2D eigenvalue weighted by atomic mass is 16.5. The molecule has 0 bridgehead atoms. The Labute approximate surface area is 164 Å². The Morgan fingerprint density at radius 1 is 1.07 bits per heavy atom. The lowest BCUT2D eigenvalue weighted by Gasteiger charge is -2.36. The number of carbonyl (C=O) groups excluding carboxylic acids is 2. The van der Waals surface area contributed by atoms with Crippen LogP contribution in [0.1, 0.15) is 42.7 Å². The van der Waals surface area contributed by atoms with Gasteiger partial charge in [-0.25, -0.2) is 0 Å². The van der Waals surface area contributed by atoms with Gasteiger partial charge in [-0.05, 0) is 36.5 Å². The third-order valence-electron chi connectivity index (χ3n) is 5.66. The molecule has 0 saturated heterocycles. The summed E-state index contributed by atoms with van der Waals surface area (Å²) in [7, 11) is 1.37. The van der Waals surface area contributed by atoms with Crippen molar-refractivity contribution in [3.8, 4) is 0 Å². The van der Waals surface area contributed by atoms with Crippen LogP contribution in [0, 0.1) is 5.92 Å². The van der Waals surface area contributed by atoms with E-state index in [-0.39, 0.29) is 17.7 Å². The van der Waals surface area contributed by atoms with Crippen LogP contribution in [0.5, 0.6) is 0 Å². The van der Waals surface area contributed by atoms with Crippen LogP contribution in [-0.2, 0) is 14.3 Å². The number of methoxy groups -OCH3 is 1. The Bertz CT molecular complexity index is 964. The Kier molecular flexibility index (Phi) is 4.90. The SMILES string of the molecule is COC(=O)C1C(C)=NC2=C(C(=O)C[C@@H](c3ccccc3)C2)[C@H]1c1cccnc1. The zero-order valence-electron chi connectivity index (χ0n) is 16.0. The van der Waals surface area contributed by atoms with Crippen LogP contribution in [0.15, 0.2) is 71.1 Å². The highest BCUT2D eigenvalue weighted by molar-refractivity contribution is 6.09. The fraction of sp³-hybridized carbons (Fsp3) is 0.304. The quantitative estimate of drug-likeness (QED) is 0.766. The summed E-state index contributed by atoms with van der Waals surface area (Å²) in [6, 6.07) is 13.8. The summed E-state index contributed by atoms with van der Waals surface area (Å²) in [6.07, 6.45) is 4.51. The number of benzene rings is 1. The molecule has 5 nitrogen and oxygen atoms in total. The molecule has 0 N–H and O–H groups in total. The predicted octanol–water partition coefficient (Wildman–Crippen LogP) is 3.83. The zero-order valence-corrected chi connectivity index (χ0v) is 16.0. The first kappa shape index (κ1) is 18.3. The number of ketones is 1. The van der Waals surface area contributed by atoms with E-state index in [1.165, 1.54) is 7.11 Å². The third kappa shape index (κ3) is 3.17. The van der Waals surface area contributed by atoms with Crippen molar-refractivity contribution in [3.05, 3.63) is 77.3 Å². The number of hydrogen-bond acceptors (Lipinski definition) is 5. The molecule has 28 heavy (non-hydrogen) atoms. The molecule has 5 heteroatoms. The number of rotatable bonds is 3. The van der Waals surface area contributed by atoms with Crippen LogP contribution >= 0.6 is 0 Å². The standard InChI is InChI=1S/C23H22N2O3/c1-14-20(23(27)28-2)21(16-9-6-10-24-13-16)22-18(25-14)11-17(12-19(22)26)15-7-4-3-5-8-15/h3-10,13,17,20-21H,11-12H2,1-2H3/t17-,20?,21-/m0/s1. The number of Topliss-reactive ketones (excluding diaryl/α,β-unsaturated/α-hetero) is 1. The molecular formula is C23H22N2O3.